The van der Waals surface area contributed by atoms with Crippen LogP contribution < -0.4 is 20.1 Å². The Balaban J connectivity index is 1.35. The van der Waals surface area contributed by atoms with Gasteiger partial charge < -0.3 is 20.1 Å². The largest absolute Gasteiger partial charge is 0.454 e. The monoisotopic (exact) mass is 341 g/mol. The number of fused-ring (bicyclic) bond motifs is 1. The standard InChI is InChI=1S/C18H19N3O4/c22-17(7-5-13-4-6-14-15(11-13)25-12-24-14)20-10-8-18(23)21-16-3-1-2-9-19-16/h1-4,6,9,11H,5,7-8,10,12H2,(H,20,22)(H,19,21,23). The molecule has 0 saturated carbocycles. The molecule has 2 aromatic rings. The Kier molecular flexibility index (Phi) is 5.46. The van der Waals surface area contributed by atoms with Crippen molar-refractivity contribution in [3.8, 4) is 11.5 Å². The summed E-state index contributed by atoms with van der Waals surface area (Å²) in [6, 6.07) is 10.9. The molecule has 0 radical (unpaired) electrons. The highest BCUT2D eigenvalue weighted by atomic mass is 16.7. The number of carbonyl (C=O) groups excluding carboxylic acids is 2. The molecule has 0 atom stereocenters. The fraction of sp³-hybridized carbons (Fsp3) is 0.278. The van der Waals surface area contributed by atoms with E-state index in [2.05, 4.69) is 15.6 Å². The number of aryl methyl sites for hydroxylation is 1. The first-order valence-corrected chi connectivity index (χ1v) is 8.07. The zero-order chi connectivity index (χ0) is 17.5. The molecule has 0 aliphatic carbocycles. The molecule has 1 aliphatic rings. The van der Waals surface area contributed by atoms with Crippen molar-refractivity contribution < 1.29 is 19.1 Å². The van der Waals surface area contributed by atoms with E-state index in [1.165, 1.54) is 0 Å². The molecule has 0 spiro atoms. The quantitative estimate of drug-likeness (QED) is 0.803. The summed E-state index contributed by atoms with van der Waals surface area (Å²) in [5.41, 5.74) is 1.01. The Bertz CT molecular complexity index is 749. The minimum Gasteiger partial charge on any atom is -0.454 e. The number of hydrogen-bond donors (Lipinski definition) is 2. The van der Waals surface area contributed by atoms with Gasteiger partial charge in [-0.15, -0.1) is 0 Å². The lowest BCUT2D eigenvalue weighted by Crippen LogP contribution is -2.27. The van der Waals surface area contributed by atoms with E-state index in [-0.39, 0.29) is 25.0 Å². The molecular formula is C18H19N3O4. The Morgan fingerprint density at radius 3 is 2.76 bits per heavy atom. The fourth-order valence-corrected chi connectivity index (χ4v) is 2.40. The van der Waals surface area contributed by atoms with Gasteiger partial charge in [-0.05, 0) is 36.2 Å². The van der Waals surface area contributed by atoms with Gasteiger partial charge >= 0.3 is 0 Å². The van der Waals surface area contributed by atoms with E-state index in [4.69, 9.17) is 9.47 Å². The second-order valence-corrected chi connectivity index (χ2v) is 5.55. The molecule has 0 unspecified atom stereocenters. The Morgan fingerprint density at radius 2 is 1.92 bits per heavy atom. The maximum absolute atomic E-state index is 11.9. The first kappa shape index (κ1) is 16.8. The second-order valence-electron chi connectivity index (χ2n) is 5.55. The Labute approximate surface area is 145 Å². The molecule has 2 amide bonds. The van der Waals surface area contributed by atoms with Gasteiger partial charge in [0, 0.05) is 25.6 Å². The predicted molar refractivity (Wildman–Crippen MR) is 91.4 cm³/mol. The highest BCUT2D eigenvalue weighted by molar-refractivity contribution is 5.90. The van der Waals surface area contributed by atoms with Crippen molar-refractivity contribution in [1.82, 2.24) is 10.3 Å². The average molecular weight is 341 g/mol. The summed E-state index contributed by atoms with van der Waals surface area (Å²) < 4.78 is 10.6. The molecule has 1 aromatic carbocycles. The van der Waals surface area contributed by atoms with Crippen LogP contribution in [0.5, 0.6) is 11.5 Å². The van der Waals surface area contributed by atoms with E-state index in [0.29, 0.717) is 31.0 Å². The molecule has 0 fully saturated rings. The van der Waals surface area contributed by atoms with Crippen LogP contribution in [-0.2, 0) is 16.0 Å². The summed E-state index contributed by atoms with van der Waals surface area (Å²) in [4.78, 5) is 27.6. The molecule has 130 valence electrons. The number of rotatable bonds is 7. The zero-order valence-corrected chi connectivity index (χ0v) is 13.7. The van der Waals surface area contributed by atoms with Crippen molar-refractivity contribution in [3.63, 3.8) is 0 Å². The minimum atomic E-state index is -0.185. The van der Waals surface area contributed by atoms with Gasteiger partial charge in [-0.1, -0.05) is 12.1 Å². The van der Waals surface area contributed by atoms with Crippen molar-refractivity contribution in [2.75, 3.05) is 18.7 Å². The van der Waals surface area contributed by atoms with Gasteiger partial charge in [0.05, 0.1) is 0 Å². The fourth-order valence-electron chi connectivity index (χ4n) is 2.40. The highest BCUT2D eigenvalue weighted by Gasteiger charge is 2.13. The number of hydrogen-bond acceptors (Lipinski definition) is 5. The summed E-state index contributed by atoms with van der Waals surface area (Å²) in [7, 11) is 0. The number of pyridine rings is 1. The molecule has 7 heteroatoms. The number of amides is 2. The van der Waals surface area contributed by atoms with Gasteiger partial charge in [0.2, 0.25) is 18.6 Å². The first-order chi connectivity index (χ1) is 12.2. The van der Waals surface area contributed by atoms with E-state index >= 15 is 0 Å². The Morgan fingerprint density at radius 1 is 1.04 bits per heavy atom. The smallest absolute Gasteiger partial charge is 0.231 e. The molecule has 7 nitrogen and oxygen atoms in total. The van der Waals surface area contributed by atoms with E-state index < -0.39 is 0 Å². The third kappa shape index (κ3) is 4.94. The number of aromatic nitrogens is 1. The SMILES string of the molecule is O=C(CCc1ccc2c(c1)OCO2)NCCC(=O)Nc1ccccn1. The lowest BCUT2D eigenvalue weighted by atomic mass is 10.1. The van der Waals surface area contributed by atoms with Crippen molar-refractivity contribution in [2.45, 2.75) is 19.3 Å². The van der Waals surface area contributed by atoms with Crippen molar-refractivity contribution in [2.24, 2.45) is 0 Å². The van der Waals surface area contributed by atoms with Crippen LogP contribution in [0.15, 0.2) is 42.6 Å². The number of anilines is 1. The van der Waals surface area contributed by atoms with E-state index in [0.717, 1.165) is 11.3 Å². The maximum Gasteiger partial charge on any atom is 0.231 e. The summed E-state index contributed by atoms with van der Waals surface area (Å²) in [6.07, 6.45) is 2.75. The third-order valence-corrected chi connectivity index (χ3v) is 3.68. The lowest BCUT2D eigenvalue weighted by molar-refractivity contribution is -0.121. The number of ether oxygens (including phenoxy) is 2. The van der Waals surface area contributed by atoms with Crippen LogP contribution in [0.1, 0.15) is 18.4 Å². The van der Waals surface area contributed by atoms with Crippen molar-refractivity contribution in [3.05, 3.63) is 48.2 Å². The van der Waals surface area contributed by atoms with Gasteiger partial charge in [0.1, 0.15) is 5.82 Å². The van der Waals surface area contributed by atoms with E-state index in [1.807, 2.05) is 18.2 Å². The van der Waals surface area contributed by atoms with E-state index in [1.54, 1.807) is 24.4 Å². The summed E-state index contributed by atoms with van der Waals surface area (Å²) in [5.74, 6) is 1.66. The number of nitrogens with one attached hydrogen (secondary N) is 2. The lowest BCUT2D eigenvalue weighted by Gasteiger charge is -2.07. The second kappa shape index (κ2) is 8.14. The van der Waals surface area contributed by atoms with Crippen LogP contribution >= 0.6 is 0 Å². The highest BCUT2D eigenvalue weighted by Crippen LogP contribution is 2.32. The average Bonchev–Trinajstić information content (AvgIpc) is 3.08. The minimum absolute atomic E-state index is 0.0942. The molecule has 1 aliphatic heterocycles. The van der Waals surface area contributed by atoms with Crippen LogP contribution in [0, 0.1) is 0 Å². The van der Waals surface area contributed by atoms with Gasteiger partial charge in [-0.2, -0.15) is 0 Å². The summed E-state index contributed by atoms with van der Waals surface area (Å²) >= 11 is 0. The third-order valence-electron chi connectivity index (χ3n) is 3.68. The van der Waals surface area contributed by atoms with Gasteiger partial charge in [-0.3, -0.25) is 9.59 Å². The topological polar surface area (TPSA) is 89.5 Å². The molecule has 2 N–H and O–H groups in total. The normalized spacial score (nSPS) is 11.8. The zero-order valence-electron chi connectivity index (χ0n) is 13.7. The van der Waals surface area contributed by atoms with Gasteiger partial charge in [0.25, 0.3) is 0 Å². The predicted octanol–water partition coefficient (Wildman–Crippen LogP) is 1.89. The van der Waals surface area contributed by atoms with Crippen molar-refractivity contribution >= 4 is 17.6 Å². The van der Waals surface area contributed by atoms with E-state index in [9.17, 15) is 9.59 Å². The van der Waals surface area contributed by atoms with Crippen LogP contribution in [0.2, 0.25) is 0 Å². The van der Waals surface area contributed by atoms with Crippen LogP contribution in [-0.4, -0.2) is 30.1 Å². The summed E-state index contributed by atoms with van der Waals surface area (Å²) in [6.45, 7) is 0.526. The summed E-state index contributed by atoms with van der Waals surface area (Å²) in [5, 5.41) is 5.42. The van der Waals surface area contributed by atoms with Crippen LogP contribution in [0.3, 0.4) is 0 Å². The molecule has 1 aromatic heterocycles. The van der Waals surface area contributed by atoms with Gasteiger partial charge in [-0.25, -0.2) is 4.98 Å². The molecule has 25 heavy (non-hydrogen) atoms. The number of nitrogens with zero attached hydrogens (tertiary/aromatic N) is 1. The molecule has 0 saturated heterocycles. The van der Waals surface area contributed by atoms with Crippen LogP contribution in [0.25, 0.3) is 0 Å². The van der Waals surface area contributed by atoms with Crippen molar-refractivity contribution in [1.29, 1.82) is 0 Å². The number of benzene rings is 1. The number of carbonyl (C=O) groups is 2. The molecule has 0 bridgehead atoms. The first-order valence-electron chi connectivity index (χ1n) is 8.07. The molecule has 3 rings (SSSR count). The van der Waals surface area contributed by atoms with Crippen LogP contribution in [0.4, 0.5) is 5.82 Å². The molecule has 2 heterocycles. The molecular weight excluding hydrogens is 322 g/mol. The Hall–Kier alpha value is -3.09. The van der Waals surface area contributed by atoms with Gasteiger partial charge in [0.15, 0.2) is 11.5 Å². The maximum atomic E-state index is 11.9.